The Hall–Kier alpha value is -0.940. The van der Waals surface area contributed by atoms with E-state index in [1.54, 1.807) is 7.11 Å². The average molecular weight is 505 g/mol. The van der Waals surface area contributed by atoms with Gasteiger partial charge in [0, 0.05) is 45.8 Å². The van der Waals surface area contributed by atoms with E-state index >= 15 is 0 Å². The van der Waals surface area contributed by atoms with Crippen LogP contribution in [0.25, 0.3) is 0 Å². The molecule has 0 amide bonds. The van der Waals surface area contributed by atoms with Crippen molar-refractivity contribution < 1.29 is 4.74 Å². The molecule has 28 heavy (non-hydrogen) atoms. The Morgan fingerprint density at radius 1 is 1.32 bits per heavy atom. The van der Waals surface area contributed by atoms with E-state index < -0.39 is 0 Å². The number of nitrogens with one attached hydrogen (secondary N) is 2. The van der Waals surface area contributed by atoms with Gasteiger partial charge in [-0.1, -0.05) is 6.42 Å². The third kappa shape index (κ3) is 6.55. The lowest BCUT2D eigenvalue weighted by Crippen LogP contribution is -2.47. The van der Waals surface area contributed by atoms with Gasteiger partial charge in [-0.3, -0.25) is 4.99 Å². The van der Waals surface area contributed by atoms with E-state index in [4.69, 9.17) is 4.74 Å². The van der Waals surface area contributed by atoms with E-state index in [-0.39, 0.29) is 24.0 Å². The van der Waals surface area contributed by atoms with Crippen LogP contribution >= 0.6 is 24.0 Å². The van der Waals surface area contributed by atoms with E-state index in [0.29, 0.717) is 12.6 Å². The summed E-state index contributed by atoms with van der Waals surface area (Å²) in [5.41, 5.74) is 0. The van der Waals surface area contributed by atoms with Gasteiger partial charge in [-0.05, 0) is 39.2 Å². The molecule has 0 radical (unpaired) electrons. The lowest BCUT2D eigenvalue weighted by molar-refractivity contribution is 0.159. The molecule has 1 aromatic heterocycles. The molecular weight excluding hydrogens is 469 g/mol. The number of aryl methyl sites for hydroxylation is 1. The highest BCUT2D eigenvalue weighted by molar-refractivity contribution is 14.0. The zero-order chi connectivity index (χ0) is 19.1. The molecule has 2 aliphatic heterocycles. The van der Waals surface area contributed by atoms with Gasteiger partial charge < -0.3 is 20.3 Å². The van der Waals surface area contributed by atoms with E-state index in [1.807, 2.05) is 11.7 Å². The maximum Gasteiger partial charge on any atom is 0.191 e. The topological polar surface area (TPSA) is 79.6 Å². The van der Waals surface area contributed by atoms with Crippen LogP contribution in [0.4, 0.5) is 0 Å². The number of aliphatic imine (C=N–C) groups is 1. The summed E-state index contributed by atoms with van der Waals surface area (Å²) < 4.78 is 7.13. The van der Waals surface area contributed by atoms with Gasteiger partial charge in [0.15, 0.2) is 11.8 Å². The number of halogens is 1. The molecule has 9 heteroatoms. The van der Waals surface area contributed by atoms with Crippen LogP contribution in [-0.4, -0.2) is 71.5 Å². The van der Waals surface area contributed by atoms with Crippen molar-refractivity contribution in [3.05, 3.63) is 11.6 Å². The summed E-state index contributed by atoms with van der Waals surface area (Å²) in [7, 11) is 3.51. The molecule has 1 aromatic rings. The van der Waals surface area contributed by atoms with Crippen molar-refractivity contribution in [2.75, 3.05) is 33.8 Å². The minimum Gasteiger partial charge on any atom is -0.377 e. The number of aromatic nitrogens is 3. The van der Waals surface area contributed by atoms with Gasteiger partial charge >= 0.3 is 0 Å². The number of hydrogen-bond donors (Lipinski definition) is 2. The number of ether oxygens (including phenoxy) is 1. The van der Waals surface area contributed by atoms with Crippen LogP contribution in [0.3, 0.4) is 0 Å². The van der Waals surface area contributed by atoms with E-state index in [1.165, 1.54) is 32.4 Å². The Balaban J connectivity index is 0.00000280. The van der Waals surface area contributed by atoms with Gasteiger partial charge in [0.25, 0.3) is 0 Å². The smallest absolute Gasteiger partial charge is 0.191 e. The highest BCUT2D eigenvalue weighted by Crippen LogP contribution is 2.16. The normalized spacial score (nSPS) is 23.0. The number of hydrogen-bond acceptors (Lipinski definition) is 5. The summed E-state index contributed by atoms with van der Waals surface area (Å²) in [6.45, 7) is 7.00. The second kappa shape index (κ2) is 11.9. The van der Waals surface area contributed by atoms with Crippen molar-refractivity contribution >= 4 is 29.9 Å². The Kier molecular flexibility index (Phi) is 9.93. The zero-order valence-corrected chi connectivity index (χ0v) is 19.8. The molecule has 1 saturated heterocycles. The first kappa shape index (κ1) is 23.3. The fourth-order valence-corrected chi connectivity index (χ4v) is 4.04. The highest BCUT2D eigenvalue weighted by Gasteiger charge is 2.22. The average Bonchev–Trinajstić information content (AvgIpc) is 3.07. The van der Waals surface area contributed by atoms with Crippen LogP contribution in [0.5, 0.6) is 0 Å². The first-order valence-electron chi connectivity index (χ1n) is 10.3. The predicted octanol–water partition coefficient (Wildman–Crippen LogP) is 1.79. The predicted molar refractivity (Wildman–Crippen MR) is 122 cm³/mol. The Morgan fingerprint density at radius 3 is 2.93 bits per heavy atom. The lowest BCUT2D eigenvalue weighted by atomic mass is 10.0. The minimum absolute atomic E-state index is 0. The molecule has 3 heterocycles. The van der Waals surface area contributed by atoms with Crippen LogP contribution in [0.15, 0.2) is 4.99 Å². The van der Waals surface area contributed by atoms with Crippen LogP contribution in [0.1, 0.15) is 50.7 Å². The Bertz CT molecular complexity index is 621. The number of rotatable bonds is 7. The largest absolute Gasteiger partial charge is 0.377 e. The molecule has 2 aliphatic rings. The van der Waals surface area contributed by atoms with Gasteiger partial charge in [0.2, 0.25) is 0 Å². The van der Waals surface area contributed by atoms with Crippen LogP contribution in [-0.2, 0) is 24.3 Å². The molecule has 0 bridgehead atoms. The van der Waals surface area contributed by atoms with Gasteiger partial charge in [0.1, 0.15) is 12.4 Å². The third-order valence-corrected chi connectivity index (χ3v) is 5.59. The minimum atomic E-state index is 0. The molecule has 2 unspecified atom stereocenters. The first-order chi connectivity index (χ1) is 13.2. The van der Waals surface area contributed by atoms with Crippen LogP contribution < -0.4 is 10.6 Å². The first-order valence-corrected chi connectivity index (χ1v) is 10.3. The number of fused-ring (bicyclic) bond motifs is 1. The standard InChI is InChI=1S/C19H35N7O.HI/c1-15-7-4-5-11-25(15)12-6-10-21-19(20-2)22-16-8-9-18-23-17(14-27-3)24-26(18)13-16;/h15-16H,4-14H2,1-3H3,(H2,20,21,22);1H. The maximum absolute atomic E-state index is 5.13. The van der Waals surface area contributed by atoms with Crippen molar-refractivity contribution in [2.45, 2.75) is 70.7 Å². The van der Waals surface area contributed by atoms with E-state index in [2.05, 4.69) is 37.5 Å². The lowest BCUT2D eigenvalue weighted by Gasteiger charge is -2.33. The van der Waals surface area contributed by atoms with Crippen molar-refractivity contribution in [3.63, 3.8) is 0 Å². The van der Waals surface area contributed by atoms with E-state index in [0.717, 1.165) is 56.0 Å². The number of nitrogens with zero attached hydrogens (tertiary/aromatic N) is 5. The van der Waals surface area contributed by atoms with Crippen molar-refractivity contribution in [3.8, 4) is 0 Å². The Labute approximate surface area is 185 Å². The van der Waals surface area contributed by atoms with Gasteiger partial charge in [-0.15, -0.1) is 24.0 Å². The fraction of sp³-hybridized carbons (Fsp3) is 0.842. The van der Waals surface area contributed by atoms with Crippen molar-refractivity contribution in [1.29, 1.82) is 0 Å². The van der Waals surface area contributed by atoms with Gasteiger partial charge in [-0.25, -0.2) is 9.67 Å². The molecule has 8 nitrogen and oxygen atoms in total. The molecule has 160 valence electrons. The second-order valence-corrected chi connectivity index (χ2v) is 7.67. The molecule has 0 spiro atoms. The Morgan fingerprint density at radius 2 is 2.18 bits per heavy atom. The molecule has 3 rings (SSSR count). The number of methoxy groups -OCH3 is 1. The molecular formula is C19H36IN7O. The van der Waals surface area contributed by atoms with Gasteiger partial charge in [0.05, 0.1) is 6.54 Å². The molecule has 2 atom stereocenters. The SMILES string of the molecule is CN=C(NCCCN1CCCCC1C)NC1CCc2nc(COC)nn2C1.I. The summed E-state index contributed by atoms with van der Waals surface area (Å²) in [4.78, 5) is 11.5. The van der Waals surface area contributed by atoms with Gasteiger partial charge in [-0.2, -0.15) is 5.10 Å². The monoisotopic (exact) mass is 505 g/mol. The third-order valence-electron chi connectivity index (χ3n) is 5.59. The summed E-state index contributed by atoms with van der Waals surface area (Å²) in [6, 6.07) is 1.06. The molecule has 2 N–H and O–H groups in total. The number of piperidine rings is 1. The van der Waals surface area contributed by atoms with E-state index in [9.17, 15) is 0 Å². The van der Waals surface area contributed by atoms with Crippen LogP contribution in [0, 0.1) is 0 Å². The number of likely N-dealkylation sites (tertiary alicyclic amines) is 1. The second-order valence-electron chi connectivity index (χ2n) is 7.67. The molecule has 1 fully saturated rings. The summed E-state index contributed by atoms with van der Waals surface area (Å²) in [6.07, 6.45) is 7.18. The molecule has 0 aromatic carbocycles. The summed E-state index contributed by atoms with van der Waals surface area (Å²) in [5, 5.41) is 11.5. The quantitative estimate of drug-likeness (QED) is 0.255. The summed E-state index contributed by atoms with van der Waals surface area (Å²) in [5.74, 6) is 2.70. The highest BCUT2D eigenvalue weighted by atomic mass is 127. The molecule has 0 aliphatic carbocycles. The summed E-state index contributed by atoms with van der Waals surface area (Å²) >= 11 is 0. The van der Waals surface area contributed by atoms with Crippen molar-refractivity contribution in [1.82, 2.24) is 30.3 Å². The molecule has 0 saturated carbocycles. The fourth-order valence-electron chi connectivity index (χ4n) is 4.04. The van der Waals surface area contributed by atoms with Crippen molar-refractivity contribution in [2.24, 2.45) is 4.99 Å². The maximum atomic E-state index is 5.13. The zero-order valence-electron chi connectivity index (χ0n) is 17.5. The van der Waals surface area contributed by atoms with Crippen LogP contribution in [0.2, 0.25) is 0 Å². The number of guanidine groups is 1.